The standard InChI is InChI=1S/C21H35N5O2/c1-14-22-18(17-13-24(6)11-12-26(14)17)16-7-9-25(10-8-16)20(28)19(21(3,4)5)23-15(2)27/h16,19H,7-13H2,1-6H3,(H,23,27)/t19-/m1/s1. The van der Waals surface area contributed by atoms with Crippen molar-refractivity contribution in [2.45, 2.75) is 72.5 Å². The van der Waals surface area contributed by atoms with Crippen LogP contribution in [0.4, 0.5) is 0 Å². The molecule has 2 aliphatic heterocycles. The highest BCUT2D eigenvalue weighted by Gasteiger charge is 2.37. The zero-order valence-electron chi connectivity index (χ0n) is 18.2. The first kappa shape index (κ1) is 20.8. The van der Waals surface area contributed by atoms with Crippen LogP contribution in [0.2, 0.25) is 0 Å². The van der Waals surface area contributed by atoms with Gasteiger partial charge in [-0.3, -0.25) is 14.5 Å². The van der Waals surface area contributed by atoms with Gasteiger partial charge in [-0.05, 0) is 32.2 Å². The lowest BCUT2D eigenvalue weighted by Crippen LogP contribution is -2.55. The fourth-order valence-electron chi connectivity index (χ4n) is 4.44. The molecule has 0 aromatic carbocycles. The molecule has 1 N–H and O–H groups in total. The van der Waals surface area contributed by atoms with Crippen LogP contribution >= 0.6 is 0 Å². The Hall–Kier alpha value is -1.89. The maximum Gasteiger partial charge on any atom is 0.245 e. The number of amides is 2. The Kier molecular flexibility index (Phi) is 5.84. The van der Waals surface area contributed by atoms with Crippen molar-refractivity contribution >= 4 is 11.8 Å². The van der Waals surface area contributed by atoms with Gasteiger partial charge in [-0.25, -0.2) is 4.98 Å². The first-order chi connectivity index (χ1) is 13.1. The maximum atomic E-state index is 13.1. The van der Waals surface area contributed by atoms with Crippen LogP contribution in [0.3, 0.4) is 0 Å². The molecule has 7 heteroatoms. The number of aromatic nitrogens is 2. The topological polar surface area (TPSA) is 70.5 Å². The summed E-state index contributed by atoms with van der Waals surface area (Å²) in [5, 5.41) is 2.86. The minimum Gasteiger partial charge on any atom is -0.344 e. The third-order valence-corrected chi connectivity index (χ3v) is 6.07. The van der Waals surface area contributed by atoms with Gasteiger partial charge in [-0.2, -0.15) is 0 Å². The molecule has 0 unspecified atom stereocenters. The van der Waals surface area contributed by atoms with Gasteiger partial charge in [0.05, 0.1) is 11.4 Å². The zero-order valence-corrected chi connectivity index (χ0v) is 18.2. The number of fused-ring (bicyclic) bond motifs is 1. The molecule has 1 atom stereocenters. The summed E-state index contributed by atoms with van der Waals surface area (Å²) in [6.07, 6.45) is 1.85. The fraction of sp³-hybridized carbons (Fsp3) is 0.762. The third kappa shape index (κ3) is 4.24. The van der Waals surface area contributed by atoms with Crippen LogP contribution in [0.1, 0.15) is 63.7 Å². The Morgan fingerprint density at radius 1 is 1.14 bits per heavy atom. The second kappa shape index (κ2) is 7.85. The molecule has 3 rings (SSSR count). The smallest absolute Gasteiger partial charge is 0.245 e. The number of nitrogens with zero attached hydrogens (tertiary/aromatic N) is 4. The summed E-state index contributed by atoms with van der Waals surface area (Å²) >= 11 is 0. The minimum atomic E-state index is -0.488. The number of aryl methyl sites for hydroxylation is 1. The van der Waals surface area contributed by atoms with Crippen LogP contribution in [0.25, 0.3) is 0 Å². The predicted octanol–water partition coefficient (Wildman–Crippen LogP) is 1.89. The first-order valence-corrected chi connectivity index (χ1v) is 10.4. The fourth-order valence-corrected chi connectivity index (χ4v) is 4.44. The van der Waals surface area contributed by atoms with Crippen molar-refractivity contribution in [3.8, 4) is 0 Å². The number of nitrogens with one attached hydrogen (secondary N) is 1. The molecule has 28 heavy (non-hydrogen) atoms. The van der Waals surface area contributed by atoms with Crippen LogP contribution in [0.15, 0.2) is 0 Å². The molecular formula is C21H35N5O2. The highest BCUT2D eigenvalue weighted by molar-refractivity contribution is 5.87. The van der Waals surface area contributed by atoms with Crippen LogP contribution in [-0.4, -0.2) is 63.9 Å². The molecule has 0 bridgehead atoms. The molecule has 156 valence electrons. The van der Waals surface area contributed by atoms with Gasteiger partial charge in [0, 0.05) is 45.6 Å². The SMILES string of the molecule is CC(=O)N[C@H](C(=O)N1CCC(c2nc(C)n3c2CN(C)CC3)CC1)C(C)(C)C. The molecule has 3 heterocycles. The van der Waals surface area contributed by atoms with Gasteiger partial charge in [-0.1, -0.05) is 20.8 Å². The van der Waals surface area contributed by atoms with Gasteiger partial charge in [0.2, 0.25) is 11.8 Å². The highest BCUT2D eigenvalue weighted by Crippen LogP contribution is 2.33. The third-order valence-electron chi connectivity index (χ3n) is 6.07. The number of rotatable bonds is 3. The van der Waals surface area contributed by atoms with Gasteiger partial charge in [0.1, 0.15) is 11.9 Å². The second-order valence-electron chi connectivity index (χ2n) is 9.48. The Bertz CT molecular complexity index is 741. The predicted molar refractivity (Wildman–Crippen MR) is 109 cm³/mol. The van der Waals surface area contributed by atoms with Crippen molar-refractivity contribution < 1.29 is 9.59 Å². The van der Waals surface area contributed by atoms with E-state index in [2.05, 4.69) is 28.8 Å². The molecular weight excluding hydrogens is 354 g/mol. The van der Waals surface area contributed by atoms with Crippen molar-refractivity contribution in [1.29, 1.82) is 0 Å². The number of carbonyl (C=O) groups excluding carboxylic acids is 2. The van der Waals surface area contributed by atoms with Crippen molar-refractivity contribution in [1.82, 2.24) is 24.7 Å². The van der Waals surface area contributed by atoms with E-state index >= 15 is 0 Å². The molecule has 7 nitrogen and oxygen atoms in total. The lowest BCUT2D eigenvalue weighted by Gasteiger charge is -2.38. The molecule has 1 aromatic heterocycles. The van der Waals surface area contributed by atoms with E-state index in [0.29, 0.717) is 5.92 Å². The van der Waals surface area contributed by atoms with Gasteiger partial charge in [0.15, 0.2) is 0 Å². The van der Waals surface area contributed by atoms with Crippen LogP contribution in [0, 0.1) is 12.3 Å². The van der Waals surface area contributed by atoms with E-state index in [9.17, 15) is 9.59 Å². The number of likely N-dealkylation sites (tertiary alicyclic amines) is 1. The van der Waals surface area contributed by atoms with Gasteiger partial charge >= 0.3 is 0 Å². The zero-order chi connectivity index (χ0) is 20.6. The van der Waals surface area contributed by atoms with Crippen LogP contribution < -0.4 is 5.32 Å². The Morgan fingerprint density at radius 2 is 1.79 bits per heavy atom. The van der Waals surface area contributed by atoms with Gasteiger partial charge in [0.25, 0.3) is 0 Å². The van der Waals surface area contributed by atoms with Crippen molar-refractivity contribution in [2.24, 2.45) is 5.41 Å². The Labute approximate surface area is 168 Å². The van der Waals surface area contributed by atoms with E-state index in [1.807, 2.05) is 25.7 Å². The average Bonchev–Trinajstić information content (AvgIpc) is 2.94. The lowest BCUT2D eigenvalue weighted by atomic mass is 9.84. The van der Waals surface area contributed by atoms with E-state index in [1.165, 1.54) is 18.3 Å². The number of hydrogen-bond donors (Lipinski definition) is 1. The van der Waals surface area contributed by atoms with E-state index in [0.717, 1.165) is 51.4 Å². The normalized spacial score (nSPS) is 20.0. The molecule has 2 aliphatic rings. The van der Waals surface area contributed by atoms with Crippen LogP contribution in [-0.2, 0) is 22.7 Å². The quantitative estimate of drug-likeness (QED) is 0.857. The van der Waals surface area contributed by atoms with Crippen molar-refractivity contribution in [3.63, 3.8) is 0 Å². The van der Waals surface area contributed by atoms with Gasteiger partial charge < -0.3 is 14.8 Å². The Balaban J connectivity index is 1.69. The minimum absolute atomic E-state index is 0.0314. The van der Waals surface area contributed by atoms with Crippen molar-refractivity contribution in [3.05, 3.63) is 17.2 Å². The van der Waals surface area contributed by atoms with E-state index in [1.54, 1.807) is 0 Å². The number of carbonyl (C=O) groups is 2. The average molecular weight is 390 g/mol. The molecule has 0 radical (unpaired) electrons. The molecule has 0 aliphatic carbocycles. The summed E-state index contributed by atoms with van der Waals surface area (Å²) in [6.45, 7) is 14.0. The summed E-state index contributed by atoms with van der Waals surface area (Å²) < 4.78 is 2.36. The first-order valence-electron chi connectivity index (χ1n) is 10.4. The molecule has 1 aromatic rings. The molecule has 0 spiro atoms. The monoisotopic (exact) mass is 389 g/mol. The lowest BCUT2D eigenvalue weighted by molar-refractivity contribution is -0.140. The van der Waals surface area contributed by atoms with Gasteiger partial charge in [-0.15, -0.1) is 0 Å². The Morgan fingerprint density at radius 3 is 2.36 bits per heavy atom. The molecule has 1 fully saturated rings. The summed E-state index contributed by atoms with van der Waals surface area (Å²) in [5.41, 5.74) is 2.26. The maximum absolute atomic E-state index is 13.1. The second-order valence-corrected chi connectivity index (χ2v) is 9.48. The van der Waals surface area contributed by atoms with E-state index in [-0.39, 0.29) is 17.2 Å². The molecule has 1 saturated heterocycles. The summed E-state index contributed by atoms with van der Waals surface area (Å²) in [7, 11) is 2.16. The highest BCUT2D eigenvalue weighted by atomic mass is 16.2. The number of likely N-dealkylation sites (N-methyl/N-ethyl adjacent to an activating group) is 1. The molecule has 2 amide bonds. The number of hydrogen-bond acceptors (Lipinski definition) is 4. The van der Waals surface area contributed by atoms with E-state index < -0.39 is 6.04 Å². The number of piperidine rings is 1. The van der Waals surface area contributed by atoms with Crippen LogP contribution in [0.5, 0.6) is 0 Å². The van der Waals surface area contributed by atoms with Crippen molar-refractivity contribution in [2.75, 3.05) is 26.7 Å². The van der Waals surface area contributed by atoms with E-state index in [4.69, 9.17) is 4.98 Å². The summed E-state index contributed by atoms with van der Waals surface area (Å²) in [4.78, 5) is 33.9. The summed E-state index contributed by atoms with van der Waals surface area (Å²) in [5.74, 6) is 1.38. The largest absolute Gasteiger partial charge is 0.344 e. The number of imidazole rings is 1. The summed E-state index contributed by atoms with van der Waals surface area (Å²) in [6, 6.07) is -0.488. The molecule has 0 saturated carbocycles.